The molecule has 0 amide bonds. The Morgan fingerprint density at radius 3 is 3.05 bits per heavy atom. The molecule has 2 aromatic rings. The Labute approximate surface area is 122 Å². The van der Waals surface area contributed by atoms with Crippen LogP contribution in [0.15, 0.2) is 24.5 Å². The standard InChI is InChI=1S/C14H18N4O3/c1-18-8-16-14(17-18)4-5-15-7-11(19)10-2-3-12-13(6-10)21-9-20-12/h2-3,6,8,11,15,19H,4-5,7,9H2,1H3. The van der Waals surface area contributed by atoms with Gasteiger partial charge in [0.15, 0.2) is 17.3 Å². The molecule has 1 aliphatic heterocycles. The van der Waals surface area contributed by atoms with Gasteiger partial charge in [-0.05, 0) is 17.7 Å². The predicted octanol–water partition coefficient (Wildman–Crippen LogP) is 0.409. The van der Waals surface area contributed by atoms with Crippen LogP contribution >= 0.6 is 0 Å². The highest BCUT2D eigenvalue weighted by Crippen LogP contribution is 2.33. The second-order valence-electron chi connectivity index (χ2n) is 4.92. The average Bonchev–Trinajstić information content (AvgIpc) is 3.11. The Hall–Kier alpha value is -2.12. The van der Waals surface area contributed by atoms with Crippen molar-refractivity contribution in [2.75, 3.05) is 19.9 Å². The molecule has 1 aliphatic rings. The number of fused-ring (bicyclic) bond motifs is 1. The maximum absolute atomic E-state index is 10.2. The van der Waals surface area contributed by atoms with E-state index in [4.69, 9.17) is 9.47 Å². The molecular formula is C14H18N4O3. The van der Waals surface area contributed by atoms with E-state index in [0.29, 0.717) is 18.8 Å². The number of hydrogen-bond acceptors (Lipinski definition) is 6. The third-order valence-electron chi connectivity index (χ3n) is 3.29. The van der Waals surface area contributed by atoms with Gasteiger partial charge < -0.3 is 19.9 Å². The van der Waals surface area contributed by atoms with E-state index in [9.17, 15) is 5.11 Å². The fourth-order valence-electron chi connectivity index (χ4n) is 2.18. The highest BCUT2D eigenvalue weighted by molar-refractivity contribution is 5.45. The van der Waals surface area contributed by atoms with Crippen LogP contribution in [0.2, 0.25) is 0 Å². The van der Waals surface area contributed by atoms with Crippen molar-refractivity contribution in [3.8, 4) is 11.5 Å². The van der Waals surface area contributed by atoms with Gasteiger partial charge in [-0.2, -0.15) is 5.10 Å². The van der Waals surface area contributed by atoms with E-state index in [2.05, 4.69) is 15.4 Å². The fourth-order valence-corrected chi connectivity index (χ4v) is 2.18. The fraction of sp³-hybridized carbons (Fsp3) is 0.429. The first-order valence-corrected chi connectivity index (χ1v) is 6.85. The van der Waals surface area contributed by atoms with E-state index < -0.39 is 6.10 Å². The van der Waals surface area contributed by atoms with Gasteiger partial charge in [-0.3, -0.25) is 4.68 Å². The minimum absolute atomic E-state index is 0.240. The van der Waals surface area contributed by atoms with Crippen molar-refractivity contribution in [3.63, 3.8) is 0 Å². The number of aliphatic hydroxyl groups excluding tert-OH is 1. The summed E-state index contributed by atoms with van der Waals surface area (Å²) in [7, 11) is 1.84. The van der Waals surface area contributed by atoms with Gasteiger partial charge in [0.25, 0.3) is 0 Å². The van der Waals surface area contributed by atoms with Crippen LogP contribution in [0.5, 0.6) is 11.5 Å². The summed E-state index contributed by atoms with van der Waals surface area (Å²) in [6.45, 7) is 1.42. The van der Waals surface area contributed by atoms with Crippen LogP contribution in [0.25, 0.3) is 0 Å². The number of aromatic nitrogens is 3. The van der Waals surface area contributed by atoms with Crippen molar-refractivity contribution in [3.05, 3.63) is 35.9 Å². The Morgan fingerprint density at radius 2 is 2.24 bits per heavy atom. The Kier molecular flexibility index (Phi) is 4.03. The first kappa shape index (κ1) is 13.8. The average molecular weight is 290 g/mol. The molecule has 21 heavy (non-hydrogen) atoms. The van der Waals surface area contributed by atoms with Crippen molar-refractivity contribution in [1.29, 1.82) is 0 Å². The molecule has 2 N–H and O–H groups in total. The topological polar surface area (TPSA) is 81.4 Å². The number of benzene rings is 1. The van der Waals surface area contributed by atoms with Gasteiger partial charge in [0.2, 0.25) is 6.79 Å². The molecule has 1 aromatic heterocycles. The molecule has 1 atom stereocenters. The SMILES string of the molecule is Cn1cnc(CCNCC(O)c2ccc3c(c2)OCO3)n1. The van der Waals surface area contributed by atoms with E-state index in [0.717, 1.165) is 23.6 Å². The summed E-state index contributed by atoms with van der Waals surface area (Å²) < 4.78 is 12.2. The maximum Gasteiger partial charge on any atom is 0.231 e. The summed E-state index contributed by atoms with van der Waals surface area (Å²) in [6.07, 6.45) is 1.82. The highest BCUT2D eigenvalue weighted by atomic mass is 16.7. The number of ether oxygens (including phenoxy) is 2. The summed E-state index contributed by atoms with van der Waals surface area (Å²) in [5.41, 5.74) is 0.808. The van der Waals surface area contributed by atoms with Crippen molar-refractivity contribution in [1.82, 2.24) is 20.1 Å². The third-order valence-corrected chi connectivity index (χ3v) is 3.29. The molecule has 0 spiro atoms. The van der Waals surface area contributed by atoms with Crippen LogP contribution in [0, 0.1) is 0 Å². The van der Waals surface area contributed by atoms with Crippen LogP contribution in [-0.2, 0) is 13.5 Å². The molecule has 112 valence electrons. The zero-order valence-electron chi connectivity index (χ0n) is 11.8. The number of nitrogens with zero attached hydrogens (tertiary/aromatic N) is 3. The molecule has 0 aliphatic carbocycles. The lowest BCUT2D eigenvalue weighted by Gasteiger charge is -2.12. The van der Waals surface area contributed by atoms with Gasteiger partial charge in [0, 0.05) is 26.6 Å². The Bertz CT molecular complexity index is 614. The zero-order valence-corrected chi connectivity index (χ0v) is 11.8. The second kappa shape index (κ2) is 6.11. The smallest absolute Gasteiger partial charge is 0.231 e. The van der Waals surface area contributed by atoms with Crippen molar-refractivity contribution >= 4 is 0 Å². The van der Waals surface area contributed by atoms with Crippen molar-refractivity contribution in [2.45, 2.75) is 12.5 Å². The Balaban J connectivity index is 1.46. The van der Waals surface area contributed by atoms with Gasteiger partial charge in [0.05, 0.1) is 6.10 Å². The van der Waals surface area contributed by atoms with Gasteiger partial charge in [-0.15, -0.1) is 0 Å². The van der Waals surface area contributed by atoms with Gasteiger partial charge >= 0.3 is 0 Å². The Morgan fingerprint density at radius 1 is 1.38 bits per heavy atom. The minimum Gasteiger partial charge on any atom is -0.454 e. The van der Waals surface area contributed by atoms with Gasteiger partial charge in [0.1, 0.15) is 6.33 Å². The first-order valence-electron chi connectivity index (χ1n) is 6.85. The summed E-state index contributed by atoms with van der Waals surface area (Å²) in [6, 6.07) is 5.48. The summed E-state index contributed by atoms with van der Waals surface area (Å²) in [4.78, 5) is 4.15. The maximum atomic E-state index is 10.2. The lowest BCUT2D eigenvalue weighted by molar-refractivity contribution is 0.170. The molecule has 0 radical (unpaired) electrons. The monoisotopic (exact) mass is 290 g/mol. The normalized spacial score (nSPS) is 14.4. The summed E-state index contributed by atoms with van der Waals surface area (Å²) in [5.74, 6) is 2.20. The van der Waals surface area contributed by atoms with E-state index in [-0.39, 0.29) is 6.79 Å². The second-order valence-corrected chi connectivity index (χ2v) is 4.92. The first-order chi connectivity index (χ1) is 10.2. The zero-order chi connectivity index (χ0) is 14.7. The molecule has 0 bridgehead atoms. The van der Waals surface area contributed by atoms with E-state index in [1.807, 2.05) is 25.2 Å². The molecule has 0 saturated carbocycles. The van der Waals surface area contributed by atoms with E-state index >= 15 is 0 Å². The molecule has 1 aromatic carbocycles. The number of aryl methyl sites for hydroxylation is 1. The largest absolute Gasteiger partial charge is 0.454 e. The predicted molar refractivity (Wildman–Crippen MR) is 75.1 cm³/mol. The van der Waals surface area contributed by atoms with Crippen LogP contribution in [0.3, 0.4) is 0 Å². The van der Waals surface area contributed by atoms with Crippen LogP contribution in [-0.4, -0.2) is 39.8 Å². The van der Waals surface area contributed by atoms with Crippen LogP contribution in [0.1, 0.15) is 17.5 Å². The number of aliphatic hydroxyl groups is 1. The molecule has 0 saturated heterocycles. The molecular weight excluding hydrogens is 272 g/mol. The van der Waals surface area contributed by atoms with Crippen LogP contribution in [0.4, 0.5) is 0 Å². The number of hydrogen-bond donors (Lipinski definition) is 2. The third kappa shape index (κ3) is 3.32. The molecule has 2 heterocycles. The van der Waals surface area contributed by atoms with Crippen LogP contribution < -0.4 is 14.8 Å². The van der Waals surface area contributed by atoms with Gasteiger partial charge in [-0.25, -0.2) is 4.98 Å². The summed E-state index contributed by atoms with van der Waals surface area (Å²) >= 11 is 0. The molecule has 3 rings (SSSR count). The quantitative estimate of drug-likeness (QED) is 0.750. The lowest BCUT2D eigenvalue weighted by atomic mass is 10.1. The molecule has 0 fully saturated rings. The van der Waals surface area contributed by atoms with Gasteiger partial charge in [-0.1, -0.05) is 6.07 Å². The van der Waals surface area contributed by atoms with E-state index in [1.165, 1.54) is 0 Å². The summed E-state index contributed by atoms with van der Waals surface area (Å²) in [5, 5.41) is 17.6. The number of rotatable bonds is 6. The molecule has 7 nitrogen and oxygen atoms in total. The van der Waals surface area contributed by atoms with E-state index in [1.54, 1.807) is 11.0 Å². The minimum atomic E-state index is -0.587. The van der Waals surface area contributed by atoms with Crippen molar-refractivity contribution in [2.24, 2.45) is 7.05 Å². The molecule has 7 heteroatoms. The highest BCUT2D eigenvalue weighted by Gasteiger charge is 2.16. The number of nitrogens with one attached hydrogen (secondary N) is 1. The van der Waals surface area contributed by atoms with Crippen molar-refractivity contribution < 1.29 is 14.6 Å². The molecule has 1 unspecified atom stereocenters. The lowest BCUT2D eigenvalue weighted by Crippen LogP contribution is -2.24.